The Balaban J connectivity index is 1.86. The molecule has 6 nitrogen and oxygen atoms in total. The van der Waals surface area contributed by atoms with Gasteiger partial charge in [0.1, 0.15) is 16.6 Å². The van der Waals surface area contributed by atoms with Crippen molar-refractivity contribution in [3.8, 4) is 0 Å². The van der Waals surface area contributed by atoms with Gasteiger partial charge in [0.05, 0.1) is 18.3 Å². The number of alkyl halides is 3. The molecule has 0 bridgehead atoms. The van der Waals surface area contributed by atoms with Gasteiger partial charge in [-0.25, -0.2) is 14.7 Å². The fraction of sp³-hybridized carbons (Fsp3) is 0.409. The van der Waals surface area contributed by atoms with E-state index in [2.05, 4.69) is 10.1 Å². The van der Waals surface area contributed by atoms with Crippen molar-refractivity contribution >= 4 is 34.8 Å². The van der Waals surface area contributed by atoms with Crippen LogP contribution in [0.3, 0.4) is 0 Å². The van der Waals surface area contributed by atoms with Crippen LogP contribution in [0.1, 0.15) is 50.7 Å². The van der Waals surface area contributed by atoms with Gasteiger partial charge in [0.25, 0.3) is 0 Å². The Kier molecular flexibility index (Phi) is 5.56. The van der Waals surface area contributed by atoms with Gasteiger partial charge in [0.2, 0.25) is 0 Å². The number of fused-ring (bicyclic) bond motifs is 1. The lowest BCUT2D eigenvalue weighted by atomic mass is 10.1. The van der Waals surface area contributed by atoms with E-state index in [-0.39, 0.29) is 22.2 Å². The van der Waals surface area contributed by atoms with Crippen LogP contribution in [0.15, 0.2) is 36.5 Å². The van der Waals surface area contributed by atoms with E-state index in [0.717, 1.165) is 18.4 Å². The lowest BCUT2D eigenvalue weighted by Gasteiger charge is -2.28. The van der Waals surface area contributed by atoms with Gasteiger partial charge in [-0.1, -0.05) is 23.7 Å². The first-order valence-corrected chi connectivity index (χ1v) is 10.5. The Bertz CT molecular complexity index is 1170. The third kappa shape index (κ3) is 4.98. The second-order valence-corrected chi connectivity index (χ2v) is 9.21. The Morgan fingerprint density at radius 2 is 1.97 bits per heavy atom. The van der Waals surface area contributed by atoms with Crippen LogP contribution >= 0.6 is 11.6 Å². The van der Waals surface area contributed by atoms with E-state index in [9.17, 15) is 18.0 Å². The van der Waals surface area contributed by atoms with Crippen LogP contribution in [0.5, 0.6) is 0 Å². The Hall–Kier alpha value is -2.81. The van der Waals surface area contributed by atoms with Crippen LogP contribution in [0.2, 0.25) is 5.15 Å². The topological polar surface area (TPSA) is 59.7 Å². The molecule has 3 aromatic rings. The molecule has 0 aliphatic heterocycles. The van der Waals surface area contributed by atoms with Crippen LogP contribution in [-0.2, 0) is 11.2 Å². The van der Waals surface area contributed by atoms with Gasteiger partial charge in [-0.3, -0.25) is 0 Å². The molecule has 1 fully saturated rings. The van der Waals surface area contributed by atoms with Gasteiger partial charge in [-0.15, -0.1) is 0 Å². The number of hydrogen-bond acceptors (Lipinski definition) is 4. The molecular formula is C22H22ClF3N4O2. The first kappa shape index (κ1) is 22.4. The van der Waals surface area contributed by atoms with Crippen molar-refractivity contribution in [2.24, 2.45) is 0 Å². The number of amides is 1. The Morgan fingerprint density at radius 3 is 2.59 bits per heavy atom. The number of halogens is 4. The fourth-order valence-corrected chi connectivity index (χ4v) is 3.63. The van der Waals surface area contributed by atoms with Crippen molar-refractivity contribution in [1.29, 1.82) is 0 Å². The molecule has 1 aliphatic carbocycles. The number of carbonyl (C=O) groups excluding carboxylic acids is 1. The molecule has 0 saturated heterocycles. The van der Waals surface area contributed by atoms with Gasteiger partial charge in [-0.2, -0.15) is 22.8 Å². The lowest BCUT2D eigenvalue weighted by molar-refractivity contribution is -0.127. The minimum Gasteiger partial charge on any atom is -0.443 e. The van der Waals surface area contributed by atoms with Crippen LogP contribution in [-0.4, -0.2) is 32.5 Å². The summed E-state index contributed by atoms with van der Waals surface area (Å²) in [6, 6.07) is 7.11. The van der Waals surface area contributed by atoms with E-state index >= 15 is 0 Å². The number of aromatic nitrogens is 3. The van der Waals surface area contributed by atoms with Gasteiger partial charge in [-0.05, 0) is 57.2 Å². The molecule has 170 valence electrons. The lowest BCUT2D eigenvalue weighted by Crippen LogP contribution is -2.35. The molecule has 4 rings (SSSR count). The third-order valence-corrected chi connectivity index (χ3v) is 5.04. The summed E-state index contributed by atoms with van der Waals surface area (Å²) < 4.78 is 46.0. The number of ether oxygens (including phenoxy) is 1. The van der Waals surface area contributed by atoms with Crippen LogP contribution in [0.4, 0.5) is 29.5 Å². The van der Waals surface area contributed by atoms with Crippen molar-refractivity contribution in [3.05, 3.63) is 52.8 Å². The van der Waals surface area contributed by atoms with Crippen molar-refractivity contribution in [1.82, 2.24) is 14.6 Å². The maximum Gasteiger partial charge on any atom is 0.420 e. The number of hydrogen-bond donors (Lipinski definition) is 0. The van der Waals surface area contributed by atoms with E-state index in [4.69, 9.17) is 16.3 Å². The maximum absolute atomic E-state index is 13.2. The first-order valence-electron chi connectivity index (χ1n) is 10.1. The van der Waals surface area contributed by atoms with Gasteiger partial charge >= 0.3 is 12.3 Å². The molecule has 32 heavy (non-hydrogen) atoms. The molecule has 0 spiro atoms. The van der Waals surface area contributed by atoms with Crippen molar-refractivity contribution in [2.45, 2.75) is 57.7 Å². The van der Waals surface area contributed by atoms with Crippen molar-refractivity contribution in [2.75, 3.05) is 4.90 Å². The zero-order valence-corrected chi connectivity index (χ0v) is 18.5. The number of rotatable bonds is 4. The monoisotopic (exact) mass is 466 g/mol. The molecule has 1 saturated carbocycles. The Morgan fingerprint density at radius 1 is 1.25 bits per heavy atom. The van der Waals surface area contributed by atoms with Crippen LogP contribution < -0.4 is 4.90 Å². The van der Waals surface area contributed by atoms with Crippen LogP contribution in [0.25, 0.3) is 5.65 Å². The Labute approximate surface area is 187 Å². The highest BCUT2D eigenvalue weighted by atomic mass is 35.5. The zero-order valence-electron chi connectivity index (χ0n) is 17.8. The average molecular weight is 467 g/mol. The highest BCUT2D eigenvalue weighted by Gasteiger charge is 2.32. The number of benzene rings is 1. The predicted molar refractivity (Wildman–Crippen MR) is 115 cm³/mol. The minimum atomic E-state index is -4.39. The highest BCUT2D eigenvalue weighted by molar-refractivity contribution is 6.29. The molecule has 1 aromatic carbocycles. The fourth-order valence-electron chi connectivity index (χ4n) is 3.45. The number of anilines is 2. The van der Waals surface area contributed by atoms with Gasteiger partial charge < -0.3 is 4.74 Å². The van der Waals surface area contributed by atoms with E-state index in [1.807, 2.05) is 0 Å². The normalized spacial score (nSPS) is 14.6. The molecule has 2 heterocycles. The van der Waals surface area contributed by atoms with Gasteiger partial charge in [0, 0.05) is 11.6 Å². The zero-order chi connectivity index (χ0) is 23.3. The summed E-state index contributed by atoms with van der Waals surface area (Å²) in [6.07, 6.45) is -2.56. The molecule has 0 unspecified atom stereocenters. The summed E-state index contributed by atoms with van der Waals surface area (Å²) in [5.74, 6) is 0.557. The molecule has 0 radical (unpaired) electrons. The number of carbonyl (C=O) groups is 1. The largest absolute Gasteiger partial charge is 0.443 e. The second-order valence-electron chi connectivity index (χ2n) is 8.82. The molecule has 2 aromatic heterocycles. The van der Waals surface area contributed by atoms with Crippen LogP contribution in [0, 0.1) is 0 Å². The molecule has 1 aliphatic rings. The summed E-state index contributed by atoms with van der Waals surface area (Å²) in [7, 11) is 0. The second kappa shape index (κ2) is 7.95. The van der Waals surface area contributed by atoms with E-state index in [1.54, 1.807) is 27.0 Å². The maximum atomic E-state index is 13.2. The van der Waals surface area contributed by atoms with Gasteiger partial charge in [0.15, 0.2) is 5.65 Å². The van der Waals surface area contributed by atoms with Crippen molar-refractivity contribution < 1.29 is 22.7 Å². The summed E-state index contributed by atoms with van der Waals surface area (Å²) in [6.45, 7) is 5.12. The van der Waals surface area contributed by atoms with E-state index in [1.165, 1.54) is 39.7 Å². The standard InChI is InChI=1S/C22H22ClF3N4O2/c1-21(2,3)32-20(31)29(15-6-4-5-13(9-15)11-22(24,25)26)18-10-17(23)28-19-16(14-7-8-14)12-27-30(18)19/h4-6,9-10,12,14H,7-8,11H2,1-3H3. The summed E-state index contributed by atoms with van der Waals surface area (Å²) in [5.41, 5.74) is 0.809. The molecule has 1 amide bonds. The summed E-state index contributed by atoms with van der Waals surface area (Å²) in [5, 5.41) is 4.53. The molecule has 10 heteroatoms. The number of nitrogens with zero attached hydrogens (tertiary/aromatic N) is 4. The molecular weight excluding hydrogens is 445 g/mol. The summed E-state index contributed by atoms with van der Waals surface area (Å²) in [4.78, 5) is 18.8. The van der Waals surface area contributed by atoms with Crippen molar-refractivity contribution in [3.63, 3.8) is 0 Å². The summed E-state index contributed by atoms with van der Waals surface area (Å²) >= 11 is 6.29. The first-order chi connectivity index (χ1) is 14.9. The predicted octanol–water partition coefficient (Wildman–Crippen LogP) is 6.44. The van der Waals surface area contributed by atoms with E-state index in [0.29, 0.717) is 11.6 Å². The van der Waals surface area contributed by atoms with E-state index < -0.39 is 24.3 Å². The SMILES string of the molecule is CC(C)(C)OC(=O)N(c1cccc(CC(F)(F)F)c1)c1cc(Cl)nc2c(C3CC3)cnn12. The smallest absolute Gasteiger partial charge is 0.420 e. The molecule has 0 atom stereocenters. The molecule has 0 N–H and O–H groups in total. The minimum absolute atomic E-state index is 0.0130. The highest BCUT2D eigenvalue weighted by Crippen LogP contribution is 2.42. The quantitative estimate of drug-likeness (QED) is 0.415. The average Bonchev–Trinajstić information content (AvgIpc) is 3.39. The third-order valence-electron chi connectivity index (χ3n) is 4.84.